The van der Waals surface area contributed by atoms with Crippen molar-refractivity contribution in [3.05, 3.63) is 89.3 Å². The number of anilines is 3. The first-order valence-electron chi connectivity index (χ1n) is 20.3. The van der Waals surface area contributed by atoms with E-state index < -0.39 is 47.0 Å². The van der Waals surface area contributed by atoms with Gasteiger partial charge in [-0.3, -0.25) is 19.2 Å². The molecule has 8 rings (SSSR count). The fourth-order valence-electron chi connectivity index (χ4n) is 8.35. The number of nitrogens with zero attached hydrogens (tertiary/aromatic N) is 8. The molecule has 0 spiro atoms. The van der Waals surface area contributed by atoms with Crippen LogP contribution in [0.4, 0.5) is 21.9 Å². The van der Waals surface area contributed by atoms with Crippen LogP contribution in [-0.2, 0) is 35.1 Å². The summed E-state index contributed by atoms with van der Waals surface area (Å²) in [5.41, 5.74) is 0.430. The van der Waals surface area contributed by atoms with Gasteiger partial charge in [-0.25, -0.2) is 14.2 Å². The van der Waals surface area contributed by atoms with Crippen molar-refractivity contribution in [1.82, 2.24) is 35.0 Å². The first-order chi connectivity index (χ1) is 30.0. The number of aromatic carboxylic acids is 1. The molecular weight excluding hydrogens is 836 g/mol. The molecule has 3 unspecified atom stereocenters. The average Bonchev–Trinajstić information content (AvgIpc) is 4.05. The van der Waals surface area contributed by atoms with Crippen LogP contribution in [0.15, 0.2) is 73.1 Å². The Labute approximate surface area is 365 Å². The summed E-state index contributed by atoms with van der Waals surface area (Å²) in [6, 6.07) is 16.5. The largest absolute Gasteiger partial charge is 0.477 e. The van der Waals surface area contributed by atoms with Gasteiger partial charge < -0.3 is 39.9 Å². The van der Waals surface area contributed by atoms with Crippen molar-refractivity contribution in [3.63, 3.8) is 0 Å². The van der Waals surface area contributed by atoms with Gasteiger partial charge in [0.1, 0.15) is 29.2 Å². The molecular formula is C43H45ClN10O9. The van der Waals surface area contributed by atoms with Crippen LogP contribution in [0.25, 0.3) is 16.6 Å². The lowest BCUT2D eigenvalue weighted by molar-refractivity contribution is -0.149. The van der Waals surface area contributed by atoms with E-state index in [1.807, 2.05) is 6.92 Å². The van der Waals surface area contributed by atoms with Crippen LogP contribution >= 0.6 is 11.6 Å². The van der Waals surface area contributed by atoms with E-state index in [0.29, 0.717) is 53.7 Å². The van der Waals surface area contributed by atoms with Gasteiger partial charge in [-0.15, -0.1) is 5.10 Å². The Hall–Kier alpha value is -6.70. The SMILES string of the molecule is CC(C)(C)OC(=O)n1c(C(=O)O)cc2cc(NC(=O)C(Cc3ccc(N4CCNC(C)(C5CCOC5)C4=O)cc3)N3CCN(c4cc(Cl)ccc4-n4cnnn4)C(=O)C3=O)ccc21. The molecule has 2 aromatic heterocycles. The van der Waals surface area contributed by atoms with E-state index in [0.717, 1.165) is 11.0 Å². The highest BCUT2D eigenvalue weighted by Gasteiger charge is 2.47. The monoisotopic (exact) mass is 880 g/mol. The van der Waals surface area contributed by atoms with Crippen LogP contribution < -0.4 is 20.4 Å². The standard InChI is InChI=1S/C43H45ClN10O9/c1-42(2,3)63-41(61)54-31-12-8-29(20-26(31)21-35(54)39(58)59)47-36(55)34(19-25-5-9-30(10-6-25)50-15-14-45-43(4,40(50)60)27-13-18-62-23-27)52-17-16-51(37(56)38(52)57)33-22-28(44)7-11-32(33)53-24-46-48-49-53/h5-12,20-22,24,27,34,45H,13-19,23H2,1-4H3,(H,47,55)(H,58,59). The van der Waals surface area contributed by atoms with Crippen LogP contribution in [0, 0.1) is 5.92 Å². The van der Waals surface area contributed by atoms with Crippen LogP contribution in [0.2, 0.25) is 5.02 Å². The molecule has 328 valence electrons. The first kappa shape index (κ1) is 43.0. The maximum absolute atomic E-state index is 14.5. The number of hydrogen-bond donors (Lipinski definition) is 3. The first-order valence-corrected chi connectivity index (χ1v) is 20.7. The summed E-state index contributed by atoms with van der Waals surface area (Å²) in [6.45, 7) is 8.97. The molecule has 0 aliphatic carbocycles. The Morgan fingerprint density at radius 2 is 1.76 bits per heavy atom. The molecule has 20 heteroatoms. The quantitative estimate of drug-likeness (QED) is 0.170. The van der Waals surface area contributed by atoms with Crippen LogP contribution in [0.1, 0.15) is 50.2 Å². The topological polar surface area (TPSA) is 223 Å². The Balaban J connectivity index is 1.09. The number of carboxylic acid groups (broad SMARTS) is 1. The van der Waals surface area contributed by atoms with E-state index in [9.17, 15) is 33.9 Å². The Morgan fingerprint density at radius 3 is 2.44 bits per heavy atom. The van der Waals surface area contributed by atoms with Gasteiger partial charge in [-0.1, -0.05) is 23.7 Å². The number of tetrazole rings is 1. The van der Waals surface area contributed by atoms with Gasteiger partial charge in [0, 0.05) is 66.9 Å². The van der Waals surface area contributed by atoms with Crippen molar-refractivity contribution in [1.29, 1.82) is 0 Å². The number of carbonyl (C=O) groups excluding carboxylic acids is 5. The smallest absolute Gasteiger partial charge is 0.419 e. The molecule has 4 amide bonds. The zero-order chi connectivity index (χ0) is 44.8. The summed E-state index contributed by atoms with van der Waals surface area (Å²) < 4.78 is 13.4. The molecule has 3 aliphatic rings. The average molecular weight is 881 g/mol. The number of aromatic nitrogens is 5. The zero-order valence-electron chi connectivity index (χ0n) is 34.9. The van der Waals surface area contributed by atoms with Gasteiger partial charge in [0.2, 0.25) is 11.8 Å². The number of rotatable bonds is 10. The van der Waals surface area contributed by atoms with E-state index in [1.54, 1.807) is 62.1 Å². The summed E-state index contributed by atoms with van der Waals surface area (Å²) in [5.74, 6) is -3.89. The van der Waals surface area contributed by atoms with E-state index in [-0.39, 0.29) is 53.9 Å². The minimum absolute atomic E-state index is 0.0131. The Morgan fingerprint density at radius 1 is 0.984 bits per heavy atom. The normalized spacial score (nSPS) is 20.0. The summed E-state index contributed by atoms with van der Waals surface area (Å²) in [4.78, 5) is 86.2. The zero-order valence-corrected chi connectivity index (χ0v) is 35.7. The van der Waals surface area contributed by atoms with Gasteiger partial charge in [0.05, 0.1) is 23.5 Å². The summed E-state index contributed by atoms with van der Waals surface area (Å²) in [7, 11) is 0. The minimum Gasteiger partial charge on any atom is -0.477 e. The molecule has 3 aliphatic heterocycles. The predicted octanol–water partition coefficient (Wildman–Crippen LogP) is 3.91. The summed E-state index contributed by atoms with van der Waals surface area (Å²) >= 11 is 6.35. The van der Waals surface area contributed by atoms with Crippen molar-refractivity contribution < 1.29 is 43.3 Å². The van der Waals surface area contributed by atoms with Crippen LogP contribution in [-0.4, -0.2) is 127 Å². The number of ether oxygens (including phenoxy) is 2. The second kappa shape index (κ2) is 16.9. The third-order valence-electron chi connectivity index (χ3n) is 11.6. The highest BCUT2D eigenvalue weighted by atomic mass is 35.5. The second-order valence-electron chi connectivity index (χ2n) is 16.8. The number of carboxylic acids is 1. The van der Waals surface area contributed by atoms with Crippen molar-refractivity contribution in [2.75, 3.05) is 54.5 Å². The maximum Gasteiger partial charge on any atom is 0.419 e. The number of nitrogens with one attached hydrogen (secondary N) is 2. The maximum atomic E-state index is 14.5. The molecule has 19 nitrogen and oxygen atoms in total. The minimum atomic E-state index is -1.36. The molecule has 3 saturated heterocycles. The molecule has 3 atom stereocenters. The lowest BCUT2D eigenvalue weighted by atomic mass is 9.82. The van der Waals surface area contributed by atoms with Gasteiger partial charge >= 0.3 is 23.9 Å². The van der Waals surface area contributed by atoms with E-state index in [1.165, 1.54) is 51.1 Å². The molecule has 0 radical (unpaired) electrons. The third-order valence-corrected chi connectivity index (χ3v) is 11.8. The highest BCUT2D eigenvalue weighted by molar-refractivity contribution is 6.41. The molecule has 5 heterocycles. The van der Waals surface area contributed by atoms with Crippen molar-refractivity contribution in [2.45, 2.75) is 57.7 Å². The fraction of sp³-hybridized carbons (Fsp3) is 0.372. The molecule has 0 saturated carbocycles. The van der Waals surface area contributed by atoms with Crippen molar-refractivity contribution in [3.8, 4) is 5.69 Å². The molecule has 3 aromatic carbocycles. The van der Waals surface area contributed by atoms with Gasteiger partial charge in [-0.05, 0) is 105 Å². The number of carbonyl (C=O) groups is 6. The lowest BCUT2D eigenvalue weighted by Crippen LogP contribution is -2.66. The molecule has 3 N–H and O–H groups in total. The van der Waals surface area contributed by atoms with Gasteiger partial charge in [0.15, 0.2) is 0 Å². The Kier molecular flexibility index (Phi) is 11.5. The number of fused-ring (bicyclic) bond motifs is 1. The molecule has 3 fully saturated rings. The van der Waals surface area contributed by atoms with Crippen LogP contribution in [0.3, 0.4) is 0 Å². The molecule has 5 aromatic rings. The highest BCUT2D eigenvalue weighted by Crippen LogP contribution is 2.34. The Bertz CT molecular complexity index is 2620. The number of benzene rings is 3. The van der Waals surface area contributed by atoms with Crippen LogP contribution in [0.5, 0.6) is 0 Å². The number of halogens is 1. The van der Waals surface area contributed by atoms with E-state index >= 15 is 0 Å². The summed E-state index contributed by atoms with van der Waals surface area (Å²) in [6.07, 6.45) is 1.21. The van der Waals surface area contributed by atoms with E-state index in [2.05, 4.69) is 26.2 Å². The molecule has 63 heavy (non-hydrogen) atoms. The fourth-order valence-corrected chi connectivity index (χ4v) is 8.52. The predicted molar refractivity (Wildman–Crippen MR) is 229 cm³/mol. The molecule has 0 bridgehead atoms. The van der Waals surface area contributed by atoms with Gasteiger partial charge in [0.25, 0.3) is 0 Å². The van der Waals surface area contributed by atoms with Crippen molar-refractivity contribution >= 4 is 75.3 Å². The summed E-state index contributed by atoms with van der Waals surface area (Å²) in [5, 5.41) is 28.1. The van der Waals surface area contributed by atoms with Crippen molar-refractivity contribution in [2.24, 2.45) is 5.92 Å². The second-order valence-corrected chi connectivity index (χ2v) is 17.2. The van der Waals surface area contributed by atoms with E-state index in [4.69, 9.17) is 21.1 Å². The number of amides is 4. The van der Waals surface area contributed by atoms with Gasteiger partial charge in [-0.2, -0.15) is 4.68 Å². The lowest BCUT2D eigenvalue weighted by Gasteiger charge is -2.43. The number of hydrogen-bond acceptors (Lipinski definition) is 12. The third kappa shape index (κ3) is 8.46. The number of piperazine rings is 2.